The number of esters is 1. The molecule has 10 heteroatoms. The Morgan fingerprint density at radius 2 is 0.883 bits per heavy atom. The van der Waals surface area contributed by atoms with Crippen molar-refractivity contribution in [1.29, 1.82) is 0 Å². The van der Waals surface area contributed by atoms with E-state index >= 15 is 0 Å². The summed E-state index contributed by atoms with van der Waals surface area (Å²) < 4.78 is 30.3. The molecule has 9 nitrogen and oxygen atoms in total. The Labute approximate surface area is 473 Å². The van der Waals surface area contributed by atoms with E-state index in [1.165, 1.54) is 109 Å². The zero-order chi connectivity index (χ0) is 56.4. The van der Waals surface area contributed by atoms with Crippen molar-refractivity contribution >= 4 is 19.7 Å². The second-order valence-corrected chi connectivity index (χ2v) is 23.0. The van der Waals surface area contributed by atoms with Gasteiger partial charge in [-0.1, -0.05) is 258 Å². The summed E-state index contributed by atoms with van der Waals surface area (Å²) in [6.07, 6.45) is 77.3. The van der Waals surface area contributed by atoms with Crippen molar-refractivity contribution < 1.29 is 37.3 Å². The molecule has 0 bridgehead atoms. The molecule has 0 rings (SSSR count). The Hall–Kier alpha value is -3.59. The number of phosphoric acid groups is 1. The average molecular weight is 1090 g/mol. The van der Waals surface area contributed by atoms with Crippen LogP contribution in [0.1, 0.15) is 239 Å². The van der Waals surface area contributed by atoms with Crippen molar-refractivity contribution in [3.8, 4) is 0 Å². The van der Waals surface area contributed by atoms with E-state index in [4.69, 9.17) is 13.8 Å². The van der Waals surface area contributed by atoms with Crippen molar-refractivity contribution in [2.45, 2.75) is 251 Å². The highest BCUT2D eigenvalue weighted by molar-refractivity contribution is 7.45. The van der Waals surface area contributed by atoms with Gasteiger partial charge in [-0.05, 0) is 89.5 Å². The van der Waals surface area contributed by atoms with Crippen molar-refractivity contribution in [1.82, 2.24) is 5.32 Å². The maximum atomic E-state index is 13.5. The highest BCUT2D eigenvalue weighted by Gasteiger charge is 2.27. The van der Waals surface area contributed by atoms with Crippen molar-refractivity contribution in [2.24, 2.45) is 0 Å². The lowest BCUT2D eigenvalue weighted by Gasteiger charge is -2.30. The number of allylic oxidation sites excluding steroid dienone is 19. The molecular formula is C67H115N2O7P. The molecule has 0 aromatic heterocycles. The fourth-order valence-corrected chi connectivity index (χ4v) is 8.99. The summed E-state index contributed by atoms with van der Waals surface area (Å²) in [5.74, 6) is -0.607. The summed E-state index contributed by atoms with van der Waals surface area (Å²) in [5.41, 5.74) is 0. The first-order chi connectivity index (χ1) is 37.4. The molecule has 0 saturated carbocycles. The molecule has 0 aliphatic heterocycles. The Kier molecular flexibility index (Phi) is 53.1. The third kappa shape index (κ3) is 56.9. The third-order valence-corrected chi connectivity index (χ3v) is 14.0. The van der Waals surface area contributed by atoms with E-state index in [0.717, 1.165) is 83.5 Å². The van der Waals surface area contributed by atoms with Crippen LogP contribution in [0.15, 0.2) is 122 Å². The smallest absolute Gasteiger partial charge is 0.306 e. The van der Waals surface area contributed by atoms with E-state index in [-0.39, 0.29) is 31.3 Å². The van der Waals surface area contributed by atoms with Crippen LogP contribution in [0, 0.1) is 0 Å². The van der Waals surface area contributed by atoms with Gasteiger partial charge >= 0.3 is 5.97 Å². The van der Waals surface area contributed by atoms with E-state index in [0.29, 0.717) is 23.9 Å². The Balaban J connectivity index is 5.39. The molecule has 0 aliphatic rings. The van der Waals surface area contributed by atoms with Gasteiger partial charge in [-0.25, -0.2) is 0 Å². The topological polar surface area (TPSA) is 114 Å². The van der Waals surface area contributed by atoms with E-state index < -0.39 is 26.6 Å². The second-order valence-electron chi connectivity index (χ2n) is 21.6. The van der Waals surface area contributed by atoms with Gasteiger partial charge in [0, 0.05) is 12.8 Å². The molecule has 0 fully saturated rings. The predicted octanol–water partition coefficient (Wildman–Crippen LogP) is 18.5. The van der Waals surface area contributed by atoms with Gasteiger partial charge in [-0.3, -0.25) is 14.2 Å². The first-order valence-electron chi connectivity index (χ1n) is 30.9. The fourth-order valence-electron chi connectivity index (χ4n) is 8.27. The molecule has 0 aromatic rings. The minimum Gasteiger partial charge on any atom is -0.756 e. The summed E-state index contributed by atoms with van der Waals surface area (Å²) in [6, 6.07) is -0.923. The van der Waals surface area contributed by atoms with Gasteiger partial charge in [0.15, 0.2) is 0 Å². The van der Waals surface area contributed by atoms with Crippen molar-refractivity contribution in [3.05, 3.63) is 122 Å². The van der Waals surface area contributed by atoms with Crippen LogP contribution in [0.25, 0.3) is 0 Å². The number of phosphoric ester groups is 1. The number of carbonyl (C=O) groups is 2. The predicted molar refractivity (Wildman–Crippen MR) is 330 cm³/mol. The molecule has 0 heterocycles. The van der Waals surface area contributed by atoms with Crippen LogP contribution in [0.2, 0.25) is 0 Å². The van der Waals surface area contributed by atoms with Crippen LogP contribution in [0.4, 0.5) is 0 Å². The highest BCUT2D eigenvalue weighted by Crippen LogP contribution is 2.38. The van der Waals surface area contributed by atoms with E-state index in [1.807, 2.05) is 94.1 Å². The first kappa shape index (κ1) is 73.4. The molecule has 1 amide bonds. The highest BCUT2D eigenvalue weighted by atomic mass is 31.2. The maximum absolute atomic E-state index is 13.5. The lowest BCUT2D eigenvalue weighted by Crippen LogP contribution is -2.47. The number of nitrogens with one attached hydrogen (secondary N) is 1. The van der Waals surface area contributed by atoms with Crippen LogP contribution >= 0.6 is 7.82 Å². The number of nitrogens with zero attached hydrogens (tertiary/aromatic N) is 1. The fraction of sp³-hybridized carbons (Fsp3) is 0.672. The summed E-state index contributed by atoms with van der Waals surface area (Å²) in [6.45, 7) is 6.62. The molecule has 440 valence electrons. The third-order valence-electron chi connectivity index (χ3n) is 13.0. The second kappa shape index (κ2) is 55.7. The van der Waals surface area contributed by atoms with Gasteiger partial charge in [-0.15, -0.1) is 0 Å². The minimum atomic E-state index is -4.72. The number of hydrogen-bond donors (Lipinski definition) is 1. The van der Waals surface area contributed by atoms with E-state index in [9.17, 15) is 19.0 Å². The molecule has 0 radical (unpaired) electrons. The van der Waals surface area contributed by atoms with Crippen LogP contribution in [-0.2, 0) is 27.9 Å². The Bertz CT molecular complexity index is 1730. The molecule has 0 aliphatic carbocycles. The summed E-state index contributed by atoms with van der Waals surface area (Å²) >= 11 is 0. The van der Waals surface area contributed by atoms with Gasteiger partial charge in [0.05, 0.1) is 33.8 Å². The van der Waals surface area contributed by atoms with E-state index in [2.05, 4.69) is 74.7 Å². The molecule has 0 spiro atoms. The molecule has 1 N–H and O–H groups in total. The number of ether oxygens (including phenoxy) is 1. The zero-order valence-corrected chi connectivity index (χ0v) is 51.0. The van der Waals surface area contributed by atoms with E-state index in [1.54, 1.807) is 0 Å². The van der Waals surface area contributed by atoms with Gasteiger partial charge in [0.25, 0.3) is 7.82 Å². The standard InChI is InChI=1S/C67H115N2O7P/c1-7-10-13-16-19-22-25-28-30-32-33-34-35-37-39-42-45-48-51-54-57-60-67(71)76-65(58-55-52-49-46-43-40-27-24-21-18-15-12-9-3)64(63-75-77(72,73)74-62-61-69(4,5)6)68-66(70)59-56-53-50-47-44-41-38-36-31-29-26-23-20-17-14-11-8-2/h11,14,17,19-20,22-23,26,28-31,33-34,36,38,41,44,55,58,64-65H,7-10,12-13,15-16,18,21,24-25,27,32,35,37,39-40,42-43,45-54,56-57,59-63H2,1-6H3,(H-,68,70,72,73)/b14-11-,20-17+,22-19-,26-23+,30-28-,31-29-,34-33-,38-36+,44-41+,58-55+. The number of likely N-dealkylation sites (N-methyl/N-ethyl adjacent to an activating group) is 1. The van der Waals surface area contributed by atoms with Crippen LogP contribution in [0.5, 0.6) is 0 Å². The maximum Gasteiger partial charge on any atom is 0.306 e. The molecule has 77 heavy (non-hydrogen) atoms. The number of quaternary nitrogens is 1. The summed E-state index contributed by atoms with van der Waals surface area (Å²) in [7, 11) is 1.13. The van der Waals surface area contributed by atoms with Crippen LogP contribution < -0.4 is 10.2 Å². The minimum absolute atomic E-state index is 0.0395. The molecule has 0 aromatic carbocycles. The first-order valence-corrected chi connectivity index (χ1v) is 32.4. The normalized spacial score (nSPS) is 14.5. The number of hydrogen-bond acceptors (Lipinski definition) is 7. The zero-order valence-electron chi connectivity index (χ0n) is 50.1. The monoisotopic (exact) mass is 1090 g/mol. The molecule has 0 saturated heterocycles. The lowest BCUT2D eigenvalue weighted by molar-refractivity contribution is -0.870. The van der Waals surface area contributed by atoms with Gasteiger partial charge in [0.2, 0.25) is 5.91 Å². The molecule has 3 unspecified atom stereocenters. The van der Waals surface area contributed by atoms with Gasteiger partial charge in [-0.2, -0.15) is 0 Å². The average Bonchev–Trinajstić information content (AvgIpc) is 3.39. The van der Waals surface area contributed by atoms with Crippen LogP contribution in [-0.4, -0.2) is 69.4 Å². The number of amides is 1. The molecular weight excluding hydrogens is 976 g/mol. The van der Waals surface area contributed by atoms with Gasteiger partial charge in [0.1, 0.15) is 19.3 Å². The Morgan fingerprint density at radius 3 is 1.40 bits per heavy atom. The Morgan fingerprint density at radius 1 is 0.481 bits per heavy atom. The number of carbonyl (C=O) groups excluding carboxylic acids is 2. The number of rotatable bonds is 54. The summed E-state index contributed by atoms with van der Waals surface area (Å²) in [4.78, 5) is 40.0. The largest absolute Gasteiger partial charge is 0.756 e. The number of unbranched alkanes of at least 4 members (excludes halogenated alkanes) is 25. The summed E-state index contributed by atoms with van der Waals surface area (Å²) in [5, 5.41) is 3.00. The van der Waals surface area contributed by atoms with Crippen LogP contribution in [0.3, 0.4) is 0 Å². The quantitative estimate of drug-likeness (QED) is 0.0161. The SMILES string of the molecule is CC\C=C/C=C/C=C/C=C\C=C\C=C\CCCCCC(=O)NC(COP(=O)([O-])OCC[N+](C)(C)C)C(/C=C/CCCCCCCCCCCCC)OC(=O)CCCCCCCCCC/C=C\C/C=C\C/C=C\CCCCC. The van der Waals surface area contributed by atoms with Crippen molar-refractivity contribution in [3.63, 3.8) is 0 Å². The lowest BCUT2D eigenvalue weighted by atomic mass is 10.0. The molecule has 3 atom stereocenters. The van der Waals surface area contributed by atoms with Gasteiger partial charge < -0.3 is 28.5 Å². The van der Waals surface area contributed by atoms with Crippen molar-refractivity contribution in [2.75, 3.05) is 40.9 Å².